The van der Waals surface area contributed by atoms with E-state index >= 15 is 0 Å². The summed E-state index contributed by atoms with van der Waals surface area (Å²) in [7, 11) is 0. The number of nitrogens with zero attached hydrogens (tertiary/aromatic N) is 3. The molecule has 2 fully saturated rings. The van der Waals surface area contributed by atoms with Crippen LogP contribution in [0.25, 0.3) is 0 Å². The average Bonchev–Trinajstić information content (AvgIpc) is 3.61. The Morgan fingerprint density at radius 1 is 0.524 bits per heavy atom. The predicted molar refractivity (Wildman–Crippen MR) is 270 cm³/mol. The second-order valence-electron chi connectivity index (χ2n) is 24.4. The normalized spacial score (nSPS) is 29.9. The molecule has 3 nitrogen and oxygen atoms in total. The lowest BCUT2D eigenvalue weighted by Gasteiger charge is -2.54. The summed E-state index contributed by atoms with van der Waals surface area (Å²) >= 11 is 0. The molecule has 4 heterocycles. The fraction of sp³-hybridized carbons (Fsp3) is 0.492. The molecule has 0 N–H and O–H groups in total. The first-order valence-electron chi connectivity index (χ1n) is 26.1. The van der Waals surface area contributed by atoms with Crippen LogP contribution < -0.4 is 31.1 Å². The number of hydrogen-bond donors (Lipinski definition) is 0. The Kier molecular flexibility index (Phi) is 7.29. The molecule has 5 aromatic rings. The highest BCUT2D eigenvalue weighted by atomic mass is 15.3. The van der Waals surface area contributed by atoms with Gasteiger partial charge in [0.25, 0.3) is 6.71 Å². The molecule has 0 amide bonds. The molecule has 324 valence electrons. The molecule has 4 heteroatoms. The van der Waals surface area contributed by atoms with E-state index in [0.29, 0.717) is 5.56 Å². The molecule has 5 aromatic carbocycles. The van der Waals surface area contributed by atoms with Crippen LogP contribution in [0.15, 0.2) is 84.9 Å². The lowest BCUT2D eigenvalue weighted by atomic mass is 9.33. The number of fused-ring (bicyclic) bond motifs is 11. The monoisotopic (exact) mass is 835 g/mol. The van der Waals surface area contributed by atoms with Crippen LogP contribution in [0.3, 0.4) is 0 Å². The van der Waals surface area contributed by atoms with E-state index in [1.807, 2.05) is 6.07 Å². The van der Waals surface area contributed by atoms with E-state index in [0.717, 1.165) is 54.7 Å². The Bertz CT molecular complexity index is 2920. The minimum atomic E-state index is -2.35. The van der Waals surface area contributed by atoms with Crippen molar-refractivity contribution in [2.24, 2.45) is 0 Å². The van der Waals surface area contributed by atoms with Crippen LogP contribution >= 0.6 is 0 Å². The van der Waals surface area contributed by atoms with Crippen LogP contribution in [0.2, 0.25) is 0 Å². The van der Waals surface area contributed by atoms with Gasteiger partial charge in [0.15, 0.2) is 0 Å². The third-order valence-electron chi connectivity index (χ3n) is 19.3. The molecule has 4 unspecified atom stereocenters. The van der Waals surface area contributed by atoms with Crippen molar-refractivity contribution in [3.05, 3.63) is 118 Å². The summed E-state index contributed by atoms with van der Waals surface area (Å²) in [5, 5.41) is 0. The summed E-state index contributed by atoms with van der Waals surface area (Å²) < 4.78 is 27.9. The lowest BCUT2D eigenvalue weighted by Crippen LogP contribution is -2.65. The zero-order valence-electron chi connectivity index (χ0n) is 43.1. The van der Waals surface area contributed by atoms with E-state index in [1.165, 1.54) is 93.5 Å². The molecule has 0 bridgehead atoms. The minimum Gasteiger partial charge on any atom is -0.335 e. The molecule has 12 rings (SSSR count). The SMILES string of the molecule is [2H]C([2H])([2H])c1cc(C(C)(C)C)ccc1N1c2cc3c(cc2B2c4cccc5c4N(c4cc(N6c7ccccc7C7(C)CCCCC67C)cc1c42)C1(C)CCCCC51C)C(C)(C)CCC3(C)C. The molecule has 2 saturated carbocycles. The molecule has 4 aliphatic heterocycles. The summed E-state index contributed by atoms with van der Waals surface area (Å²) in [6.07, 6.45) is 11.7. The molecular weight excluding hydrogens is 761 g/mol. The Hall–Kier alpha value is -4.44. The van der Waals surface area contributed by atoms with E-state index in [-0.39, 0.29) is 44.9 Å². The number of aryl methyl sites for hydroxylation is 1. The van der Waals surface area contributed by atoms with Crippen LogP contribution in [-0.4, -0.2) is 17.8 Å². The minimum absolute atomic E-state index is 0.00362. The Labute approximate surface area is 384 Å². The van der Waals surface area contributed by atoms with Gasteiger partial charge in [-0.3, -0.25) is 0 Å². The molecule has 0 radical (unpaired) electrons. The van der Waals surface area contributed by atoms with E-state index in [9.17, 15) is 4.11 Å². The number of anilines is 7. The topological polar surface area (TPSA) is 9.72 Å². The van der Waals surface area contributed by atoms with Crippen LogP contribution in [0.5, 0.6) is 0 Å². The molecule has 3 aliphatic carbocycles. The van der Waals surface area contributed by atoms with Gasteiger partial charge in [-0.05, 0) is 156 Å². The first-order chi connectivity index (χ1) is 31.0. The summed E-state index contributed by atoms with van der Waals surface area (Å²) in [6, 6.07) is 33.2. The number of para-hydroxylation sites is 2. The van der Waals surface area contributed by atoms with E-state index in [2.05, 4.69) is 170 Å². The van der Waals surface area contributed by atoms with Gasteiger partial charge in [-0.15, -0.1) is 0 Å². The smallest absolute Gasteiger partial charge is 0.252 e. The van der Waals surface area contributed by atoms with Crippen molar-refractivity contribution < 1.29 is 4.11 Å². The molecule has 4 atom stereocenters. The maximum Gasteiger partial charge on any atom is 0.252 e. The zero-order valence-corrected chi connectivity index (χ0v) is 40.1. The van der Waals surface area contributed by atoms with Crippen LogP contribution in [0, 0.1) is 6.85 Å². The highest BCUT2D eigenvalue weighted by Crippen LogP contribution is 2.65. The molecule has 63 heavy (non-hydrogen) atoms. The quantitative estimate of drug-likeness (QED) is 0.161. The van der Waals surface area contributed by atoms with Crippen molar-refractivity contribution in [3.63, 3.8) is 0 Å². The number of benzene rings is 5. The summed E-state index contributed by atoms with van der Waals surface area (Å²) in [5.74, 6) is 0. The Morgan fingerprint density at radius 3 is 1.84 bits per heavy atom. The second-order valence-corrected chi connectivity index (χ2v) is 24.4. The van der Waals surface area contributed by atoms with Gasteiger partial charge in [-0.25, -0.2) is 0 Å². The van der Waals surface area contributed by atoms with E-state index in [4.69, 9.17) is 0 Å². The lowest BCUT2D eigenvalue weighted by molar-refractivity contribution is 0.194. The van der Waals surface area contributed by atoms with Gasteiger partial charge in [0.05, 0.1) is 11.1 Å². The van der Waals surface area contributed by atoms with E-state index in [1.54, 1.807) is 0 Å². The maximum atomic E-state index is 9.31. The van der Waals surface area contributed by atoms with Crippen LogP contribution in [0.4, 0.5) is 39.8 Å². The highest BCUT2D eigenvalue weighted by molar-refractivity contribution is 7.00. The second kappa shape index (κ2) is 12.5. The largest absolute Gasteiger partial charge is 0.335 e. The third-order valence-corrected chi connectivity index (χ3v) is 19.3. The van der Waals surface area contributed by atoms with Crippen molar-refractivity contribution in [1.29, 1.82) is 0 Å². The fourth-order valence-corrected chi connectivity index (χ4v) is 15.0. The molecule has 0 aromatic heterocycles. The van der Waals surface area contributed by atoms with Gasteiger partial charge >= 0.3 is 0 Å². The first kappa shape index (κ1) is 36.9. The zero-order chi connectivity index (χ0) is 46.5. The van der Waals surface area contributed by atoms with Crippen molar-refractivity contribution >= 4 is 62.9 Å². The maximum absolute atomic E-state index is 9.31. The van der Waals surface area contributed by atoms with Crippen LogP contribution in [0.1, 0.15) is 178 Å². The first-order valence-corrected chi connectivity index (χ1v) is 24.6. The summed E-state index contributed by atoms with van der Waals surface area (Å²) in [4.78, 5) is 8.06. The van der Waals surface area contributed by atoms with Gasteiger partial charge in [0.1, 0.15) is 0 Å². The van der Waals surface area contributed by atoms with E-state index < -0.39 is 6.85 Å². The number of rotatable bonds is 2. The highest BCUT2D eigenvalue weighted by Gasteiger charge is 2.63. The fourth-order valence-electron chi connectivity index (χ4n) is 15.0. The molecule has 7 aliphatic rings. The standard InChI is InChI=1S/C59H70BN3/c1-37-32-38(53(2,3)4)24-25-46(37)61-48-36-43-42(54(5,6)30-31-55(43,7)8)35-45(48)60-44-22-19-21-41-52(44)63(59(12)29-18-16-27-57(41,59)10)50-34-39(33-49(61)51(50)60)62-47-23-14-13-20-40(47)56(9)26-15-17-28-58(56,62)11/h13-14,19-25,32-36H,15-18,26-31H2,1-12H3/i1D3. The van der Waals surface area contributed by atoms with Crippen molar-refractivity contribution in [2.75, 3.05) is 14.7 Å². The van der Waals surface area contributed by atoms with Gasteiger partial charge < -0.3 is 14.7 Å². The number of hydrogen-bond acceptors (Lipinski definition) is 3. The van der Waals surface area contributed by atoms with Gasteiger partial charge in [-0.2, -0.15) is 0 Å². The van der Waals surface area contributed by atoms with Crippen molar-refractivity contribution in [3.8, 4) is 0 Å². The van der Waals surface area contributed by atoms with Gasteiger partial charge in [0.2, 0.25) is 0 Å². The molecule has 0 saturated heterocycles. The van der Waals surface area contributed by atoms with Gasteiger partial charge in [0, 0.05) is 54.8 Å². The average molecular weight is 835 g/mol. The van der Waals surface area contributed by atoms with Crippen LogP contribution in [-0.2, 0) is 27.1 Å². The molecular formula is C59H70BN3. The van der Waals surface area contributed by atoms with Crippen molar-refractivity contribution in [1.82, 2.24) is 0 Å². The van der Waals surface area contributed by atoms with Crippen molar-refractivity contribution in [2.45, 2.75) is 185 Å². The predicted octanol–water partition coefficient (Wildman–Crippen LogP) is 13.7. The molecule has 0 spiro atoms. The Morgan fingerprint density at radius 2 is 1.14 bits per heavy atom. The third kappa shape index (κ3) is 4.89. The summed E-state index contributed by atoms with van der Waals surface area (Å²) in [5.41, 5.74) is 19.0. The van der Waals surface area contributed by atoms with Gasteiger partial charge in [-0.1, -0.05) is 143 Å². The summed E-state index contributed by atoms with van der Waals surface area (Å²) in [6.45, 7) is 24.2. The Balaban J connectivity index is 1.25.